The minimum Gasteiger partial charge on any atom is -0.369 e. The molecule has 0 radical (unpaired) electrons. The van der Waals surface area contributed by atoms with E-state index < -0.39 is 4.92 Å². The molecule has 0 bridgehead atoms. The number of benzene rings is 2. The molecular weight excluding hydrogens is 438 g/mol. The molecular formula is C25H27N3O4S. The number of non-ortho nitro benzene ring substituents is 1. The normalized spacial score (nSPS) is 21.0. The molecule has 0 spiro atoms. The number of carbonyl (C=O) groups excluding carboxylic acids is 2. The summed E-state index contributed by atoms with van der Waals surface area (Å²) >= 11 is 0.931. The summed E-state index contributed by atoms with van der Waals surface area (Å²) in [5, 5.41) is 10.5. The number of imide groups is 1. The molecule has 0 aliphatic carbocycles. The smallest absolute Gasteiger partial charge is 0.293 e. The van der Waals surface area contributed by atoms with Gasteiger partial charge in [-0.25, -0.2) is 0 Å². The van der Waals surface area contributed by atoms with Gasteiger partial charge in [-0.3, -0.25) is 24.6 Å². The van der Waals surface area contributed by atoms with Crippen LogP contribution in [0.5, 0.6) is 0 Å². The van der Waals surface area contributed by atoms with Crippen LogP contribution >= 0.6 is 11.8 Å². The van der Waals surface area contributed by atoms with Gasteiger partial charge in [-0.1, -0.05) is 19.1 Å². The van der Waals surface area contributed by atoms with Crippen LogP contribution in [0.4, 0.5) is 16.2 Å². The topological polar surface area (TPSA) is 83.8 Å². The standard InChI is InChI=1S/C25H27N3O4S/c1-15-10-21-20(16(2)13-25(3,4)26(21)5)11-18(15)12-22-23(29)27(24(30)33-22)14-17-6-8-19(9-7-17)28(31)32/h6-12,16H,13-14H2,1-5H3/b22-12-. The molecule has 0 aromatic heterocycles. The molecule has 1 saturated heterocycles. The lowest BCUT2D eigenvalue weighted by Crippen LogP contribution is -2.45. The predicted molar refractivity (Wildman–Crippen MR) is 131 cm³/mol. The fraction of sp³-hybridized carbons (Fsp3) is 0.360. The van der Waals surface area contributed by atoms with Crippen molar-refractivity contribution in [3.05, 3.63) is 73.7 Å². The van der Waals surface area contributed by atoms with E-state index in [9.17, 15) is 19.7 Å². The fourth-order valence-electron chi connectivity index (χ4n) is 4.57. The lowest BCUT2D eigenvalue weighted by molar-refractivity contribution is -0.384. The molecule has 8 heteroatoms. The molecule has 2 aromatic carbocycles. The van der Waals surface area contributed by atoms with Crippen molar-refractivity contribution in [3.63, 3.8) is 0 Å². The fourth-order valence-corrected chi connectivity index (χ4v) is 5.40. The second-order valence-electron chi connectivity index (χ2n) is 9.44. The molecule has 1 unspecified atom stereocenters. The molecule has 2 aromatic rings. The largest absolute Gasteiger partial charge is 0.369 e. The SMILES string of the molecule is Cc1cc2c(cc1/C=C1\SC(=O)N(Cc3ccc([N+](=O)[O-])cc3)C1=O)C(C)CC(C)(C)N2C. The zero-order chi connectivity index (χ0) is 24.1. The number of thioether (sulfide) groups is 1. The van der Waals surface area contributed by atoms with E-state index in [-0.39, 0.29) is 28.9 Å². The van der Waals surface area contributed by atoms with Gasteiger partial charge in [-0.05, 0) is 85.3 Å². The van der Waals surface area contributed by atoms with E-state index >= 15 is 0 Å². The number of hydrogen-bond acceptors (Lipinski definition) is 6. The van der Waals surface area contributed by atoms with Crippen LogP contribution in [0.2, 0.25) is 0 Å². The maximum Gasteiger partial charge on any atom is 0.293 e. The van der Waals surface area contributed by atoms with Crippen molar-refractivity contribution in [3.8, 4) is 0 Å². The molecule has 2 heterocycles. The second-order valence-corrected chi connectivity index (χ2v) is 10.4. The Balaban J connectivity index is 1.60. The minimum absolute atomic E-state index is 0.0288. The third-order valence-corrected chi connectivity index (χ3v) is 7.58. The molecule has 4 rings (SSSR count). The van der Waals surface area contributed by atoms with E-state index in [0.717, 1.165) is 29.3 Å². The second kappa shape index (κ2) is 8.33. The van der Waals surface area contributed by atoms with Gasteiger partial charge in [-0.15, -0.1) is 0 Å². The van der Waals surface area contributed by atoms with Gasteiger partial charge in [0.1, 0.15) is 0 Å². The highest BCUT2D eigenvalue weighted by Crippen LogP contribution is 2.44. The van der Waals surface area contributed by atoms with Crippen LogP contribution in [-0.2, 0) is 11.3 Å². The highest BCUT2D eigenvalue weighted by atomic mass is 32.2. The number of anilines is 1. The van der Waals surface area contributed by atoms with Gasteiger partial charge < -0.3 is 4.90 Å². The molecule has 0 saturated carbocycles. The Morgan fingerprint density at radius 3 is 2.52 bits per heavy atom. The molecule has 33 heavy (non-hydrogen) atoms. The monoisotopic (exact) mass is 465 g/mol. The number of amides is 2. The minimum atomic E-state index is -0.479. The lowest BCUT2D eigenvalue weighted by Gasteiger charge is -2.45. The highest BCUT2D eigenvalue weighted by Gasteiger charge is 2.36. The molecule has 2 aliphatic heterocycles. The quantitative estimate of drug-likeness (QED) is 0.319. The van der Waals surface area contributed by atoms with Crippen LogP contribution in [0.3, 0.4) is 0 Å². The van der Waals surface area contributed by atoms with Gasteiger partial charge in [0, 0.05) is 30.4 Å². The van der Waals surface area contributed by atoms with Crippen molar-refractivity contribution in [1.29, 1.82) is 0 Å². The van der Waals surface area contributed by atoms with Crippen molar-refractivity contribution >= 4 is 40.4 Å². The first-order valence-corrected chi connectivity index (χ1v) is 11.7. The van der Waals surface area contributed by atoms with Gasteiger partial charge in [0.2, 0.25) is 0 Å². The van der Waals surface area contributed by atoms with E-state index in [4.69, 9.17) is 0 Å². The third-order valence-electron chi connectivity index (χ3n) is 6.67. The average Bonchev–Trinajstić information content (AvgIpc) is 3.00. The first-order valence-electron chi connectivity index (χ1n) is 10.8. The number of fused-ring (bicyclic) bond motifs is 1. The summed E-state index contributed by atoms with van der Waals surface area (Å²) in [6.45, 7) is 8.82. The van der Waals surface area contributed by atoms with E-state index in [1.807, 2.05) is 13.0 Å². The van der Waals surface area contributed by atoms with E-state index in [2.05, 4.69) is 44.9 Å². The Labute approximate surface area is 197 Å². The number of nitro benzene ring substituents is 1. The maximum absolute atomic E-state index is 13.0. The Bertz CT molecular complexity index is 1190. The molecule has 2 amide bonds. The summed E-state index contributed by atoms with van der Waals surface area (Å²) in [5.74, 6) is 0.0444. The van der Waals surface area contributed by atoms with Crippen molar-refractivity contribution in [2.45, 2.75) is 52.1 Å². The van der Waals surface area contributed by atoms with Crippen LogP contribution in [0.25, 0.3) is 6.08 Å². The number of aryl methyl sites for hydroxylation is 1. The van der Waals surface area contributed by atoms with E-state index in [0.29, 0.717) is 16.4 Å². The molecule has 1 fully saturated rings. The summed E-state index contributed by atoms with van der Waals surface area (Å²) < 4.78 is 0. The molecule has 7 nitrogen and oxygen atoms in total. The van der Waals surface area contributed by atoms with E-state index in [1.165, 1.54) is 28.3 Å². The number of carbonyl (C=O) groups is 2. The predicted octanol–water partition coefficient (Wildman–Crippen LogP) is 5.86. The lowest BCUT2D eigenvalue weighted by atomic mass is 9.79. The van der Waals surface area contributed by atoms with Crippen molar-refractivity contribution < 1.29 is 14.5 Å². The van der Waals surface area contributed by atoms with Gasteiger partial charge in [0.15, 0.2) is 0 Å². The summed E-state index contributed by atoms with van der Waals surface area (Å²) in [6, 6.07) is 10.2. The average molecular weight is 466 g/mol. The Kier molecular flexibility index (Phi) is 5.82. The Morgan fingerprint density at radius 1 is 1.21 bits per heavy atom. The highest BCUT2D eigenvalue weighted by molar-refractivity contribution is 8.18. The summed E-state index contributed by atoms with van der Waals surface area (Å²) in [7, 11) is 2.12. The number of hydrogen-bond donors (Lipinski definition) is 0. The van der Waals surface area contributed by atoms with Crippen LogP contribution < -0.4 is 4.90 Å². The zero-order valence-corrected chi connectivity index (χ0v) is 20.2. The van der Waals surface area contributed by atoms with E-state index in [1.54, 1.807) is 12.1 Å². The molecule has 2 aliphatic rings. The van der Waals surface area contributed by atoms with Gasteiger partial charge in [0.05, 0.1) is 16.4 Å². The van der Waals surface area contributed by atoms with Crippen molar-refractivity contribution in [2.24, 2.45) is 0 Å². The van der Waals surface area contributed by atoms with Crippen LogP contribution in [0, 0.1) is 17.0 Å². The van der Waals surface area contributed by atoms with Crippen molar-refractivity contribution in [1.82, 2.24) is 4.90 Å². The maximum atomic E-state index is 13.0. The number of nitro groups is 1. The molecule has 0 N–H and O–H groups in total. The Morgan fingerprint density at radius 2 is 1.88 bits per heavy atom. The first kappa shape index (κ1) is 23.0. The molecule has 172 valence electrons. The van der Waals surface area contributed by atoms with Crippen LogP contribution in [-0.4, -0.2) is 33.6 Å². The Hall–Kier alpha value is -3.13. The summed E-state index contributed by atoms with van der Waals surface area (Å²) in [6.07, 6.45) is 2.84. The van der Waals surface area contributed by atoms with Crippen LogP contribution in [0.1, 0.15) is 55.4 Å². The number of rotatable bonds is 4. The summed E-state index contributed by atoms with van der Waals surface area (Å²) in [4.78, 5) is 39.8. The first-order chi connectivity index (χ1) is 15.5. The molecule has 1 atom stereocenters. The van der Waals surface area contributed by atoms with Gasteiger partial charge >= 0.3 is 0 Å². The zero-order valence-electron chi connectivity index (χ0n) is 19.4. The van der Waals surface area contributed by atoms with Gasteiger partial charge in [0.25, 0.3) is 16.8 Å². The van der Waals surface area contributed by atoms with Crippen molar-refractivity contribution in [2.75, 3.05) is 11.9 Å². The number of nitrogens with zero attached hydrogens (tertiary/aromatic N) is 3. The van der Waals surface area contributed by atoms with Gasteiger partial charge in [-0.2, -0.15) is 0 Å². The van der Waals surface area contributed by atoms with Crippen LogP contribution in [0.15, 0.2) is 41.3 Å². The third kappa shape index (κ3) is 4.27. The summed E-state index contributed by atoms with van der Waals surface area (Å²) in [5.41, 5.74) is 5.15.